The van der Waals surface area contributed by atoms with Gasteiger partial charge < -0.3 is 5.32 Å². The molecule has 9 heteroatoms. The third-order valence-electron chi connectivity index (χ3n) is 2.76. The Bertz CT molecular complexity index is 335. The van der Waals surface area contributed by atoms with Gasteiger partial charge in [0.2, 0.25) is 0 Å². The van der Waals surface area contributed by atoms with Crippen LogP contribution in [0.5, 0.6) is 0 Å². The van der Waals surface area contributed by atoms with Crippen LogP contribution in [0.1, 0.15) is 32.1 Å². The van der Waals surface area contributed by atoms with E-state index in [1.807, 2.05) is 0 Å². The van der Waals surface area contributed by atoms with Crippen LogP contribution in [0.4, 0.5) is 14.0 Å². The van der Waals surface area contributed by atoms with Gasteiger partial charge in [-0.1, -0.05) is 42.5 Å². The number of urea groups is 2. The van der Waals surface area contributed by atoms with Crippen molar-refractivity contribution in [3.63, 3.8) is 0 Å². The highest BCUT2D eigenvalue weighted by molar-refractivity contribution is 8.01. The number of carbonyl (C=O) groups is 2. The highest BCUT2D eigenvalue weighted by atomic mass is 35.5. The minimum Gasteiger partial charge on any atom is -0.341 e. The van der Waals surface area contributed by atoms with Crippen molar-refractivity contribution in [2.24, 2.45) is 0 Å². The molecule has 1 aliphatic rings. The van der Waals surface area contributed by atoms with Crippen molar-refractivity contribution < 1.29 is 14.0 Å². The van der Waals surface area contributed by atoms with Gasteiger partial charge in [0.15, 0.2) is 0 Å². The lowest BCUT2D eigenvalue weighted by molar-refractivity contribution is 0.201. The summed E-state index contributed by atoms with van der Waals surface area (Å²) in [5.74, 6) is 0. The standard InChI is InChI=1S/C10H16Cl2FN3O2S/c1-14-8(17)15-9(18)16(19-10(11,12)13)7-5-3-2-4-6-7/h7H,2-6H2,1H3,(H2,14,15,17,18). The Hall–Kier alpha value is -0.400. The molecule has 0 atom stereocenters. The number of imide groups is 1. The summed E-state index contributed by atoms with van der Waals surface area (Å²) in [5, 5.41) is 4.33. The van der Waals surface area contributed by atoms with Crippen molar-refractivity contribution in [2.75, 3.05) is 7.05 Å². The fourth-order valence-corrected chi connectivity index (χ4v) is 3.08. The zero-order valence-electron chi connectivity index (χ0n) is 10.4. The number of halogens is 3. The first-order valence-corrected chi connectivity index (χ1v) is 7.44. The first kappa shape index (κ1) is 16.7. The summed E-state index contributed by atoms with van der Waals surface area (Å²) >= 11 is 11.0. The van der Waals surface area contributed by atoms with E-state index in [2.05, 4.69) is 10.6 Å². The minimum absolute atomic E-state index is 0.184. The van der Waals surface area contributed by atoms with Crippen LogP contribution in [-0.4, -0.2) is 33.4 Å². The molecule has 1 saturated carbocycles. The van der Waals surface area contributed by atoms with E-state index >= 15 is 0 Å². The highest BCUT2D eigenvalue weighted by Gasteiger charge is 2.35. The van der Waals surface area contributed by atoms with Crippen LogP contribution in [0, 0.1) is 0 Å². The Kier molecular flexibility index (Phi) is 6.49. The Morgan fingerprint density at radius 3 is 2.37 bits per heavy atom. The Morgan fingerprint density at radius 1 is 1.32 bits per heavy atom. The maximum Gasteiger partial charge on any atom is 0.335 e. The monoisotopic (exact) mass is 331 g/mol. The normalized spacial score (nSPS) is 16.8. The van der Waals surface area contributed by atoms with Crippen LogP contribution in [0.2, 0.25) is 0 Å². The van der Waals surface area contributed by atoms with E-state index in [0.717, 1.165) is 36.4 Å². The first-order chi connectivity index (χ1) is 8.83. The van der Waals surface area contributed by atoms with Gasteiger partial charge in [0.1, 0.15) is 0 Å². The third kappa shape index (κ3) is 6.05. The molecule has 5 nitrogen and oxygen atoms in total. The average Bonchev–Trinajstić information content (AvgIpc) is 2.35. The third-order valence-corrected chi connectivity index (χ3v) is 4.04. The molecule has 19 heavy (non-hydrogen) atoms. The van der Waals surface area contributed by atoms with Crippen molar-refractivity contribution in [3.05, 3.63) is 0 Å². The molecule has 4 amide bonds. The van der Waals surface area contributed by atoms with Crippen molar-refractivity contribution in [3.8, 4) is 0 Å². The first-order valence-electron chi connectivity index (χ1n) is 5.91. The van der Waals surface area contributed by atoms with E-state index < -0.39 is 16.0 Å². The summed E-state index contributed by atoms with van der Waals surface area (Å²) in [7, 11) is 1.38. The smallest absolute Gasteiger partial charge is 0.335 e. The Morgan fingerprint density at radius 2 is 1.89 bits per heavy atom. The number of rotatable bonds is 3. The van der Waals surface area contributed by atoms with E-state index in [1.165, 1.54) is 7.05 Å². The molecule has 0 aliphatic heterocycles. The lowest BCUT2D eigenvalue weighted by Gasteiger charge is -2.33. The van der Waals surface area contributed by atoms with Gasteiger partial charge in [0.05, 0.1) is 0 Å². The summed E-state index contributed by atoms with van der Waals surface area (Å²) in [6.07, 6.45) is 4.43. The number of hydrogen-bond donors (Lipinski definition) is 2. The molecular weight excluding hydrogens is 316 g/mol. The number of hydrogen-bond acceptors (Lipinski definition) is 3. The molecule has 0 unspecified atom stereocenters. The van der Waals surface area contributed by atoms with Crippen LogP contribution in [0.15, 0.2) is 0 Å². The van der Waals surface area contributed by atoms with Crippen molar-refractivity contribution in [1.29, 1.82) is 0 Å². The SMILES string of the molecule is CNC(=O)NC(=O)N(SC(F)(Cl)Cl)C1CCCCC1. The second kappa shape index (κ2) is 7.40. The average molecular weight is 332 g/mol. The molecule has 0 radical (unpaired) electrons. The summed E-state index contributed by atoms with van der Waals surface area (Å²) in [4.78, 5) is 23.1. The van der Waals surface area contributed by atoms with E-state index in [0.29, 0.717) is 11.9 Å². The summed E-state index contributed by atoms with van der Waals surface area (Å²) in [6, 6.07) is -1.57. The molecule has 0 aromatic rings. The number of amides is 4. The maximum absolute atomic E-state index is 13.3. The van der Waals surface area contributed by atoms with Gasteiger partial charge in [0.25, 0.3) is 0 Å². The predicted octanol–water partition coefficient (Wildman–Crippen LogP) is 3.38. The van der Waals surface area contributed by atoms with Crippen LogP contribution < -0.4 is 10.6 Å². The molecule has 1 aliphatic carbocycles. The maximum atomic E-state index is 13.3. The van der Waals surface area contributed by atoms with Crippen LogP contribution in [0.3, 0.4) is 0 Å². The van der Waals surface area contributed by atoms with Gasteiger partial charge in [-0.15, -0.1) is 0 Å². The van der Waals surface area contributed by atoms with Gasteiger partial charge in [-0.05, 0) is 12.8 Å². The predicted molar refractivity (Wildman–Crippen MR) is 74.8 cm³/mol. The zero-order valence-corrected chi connectivity index (χ0v) is 12.7. The van der Waals surface area contributed by atoms with Crippen LogP contribution in [0.25, 0.3) is 0 Å². The van der Waals surface area contributed by atoms with Gasteiger partial charge in [-0.25, -0.2) is 9.59 Å². The van der Waals surface area contributed by atoms with Crippen molar-refractivity contribution in [1.82, 2.24) is 14.9 Å². The number of nitrogens with zero attached hydrogens (tertiary/aromatic N) is 1. The topological polar surface area (TPSA) is 61.4 Å². The molecule has 1 rings (SSSR count). The summed E-state index contributed by atoms with van der Waals surface area (Å²) in [6.45, 7) is 0. The number of carbonyl (C=O) groups excluding carboxylic acids is 2. The van der Waals surface area contributed by atoms with Crippen molar-refractivity contribution in [2.45, 2.75) is 42.1 Å². The van der Waals surface area contributed by atoms with Gasteiger partial charge in [0, 0.05) is 25.0 Å². The fourth-order valence-electron chi connectivity index (χ4n) is 1.92. The Labute approximate surface area is 125 Å². The largest absolute Gasteiger partial charge is 0.341 e. The van der Waals surface area contributed by atoms with E-state index in [1.54, 1.807) is 0 Å². The van der Waals surface area contributed by atoms with Gasteiger partial charge in [-0.3, -0.25) is 9.62 Å². The molecule has 0 bridgehead atoms. The van der Waals surface area contributed by atoms with E-state index in [4.69, 9.17) is 23.2 Å². The van der Waals surface area contributed by atoms with Crippen LogP contribution in [-0.2, 0) is 0 Å². The molecule has 1 fully saturated rings. The highest BCUT2D eigenvalue weighted by Crippen LogP contribution is 2.41. The quantitative estimate of drug-likeness (QED) is 0.615. The molecular formula is C10H16Cl2FN3O2S. The molecule has 2 N–H and O–H groups in total. The van der Waals surface area contributed by atoms with E-state index in [-0.39, 0.29) is 6.04 Å². The Balaban J connectivity index is 2.72. The lowest BCUT2D eigenvalue weighted by atomic mass is 9.96. The molecule has 110 valence electrons. The summed E-state index contributed by atoms with van der Waals surface area (Å²) in [5.41, 5.74) is 0. The minimum atomic E-state index is -2.61. The number of nitrogens with one attached hydrogen (secondary N) is 2. The van der Waals surface area contributed by atoms with Gasteiger partial charge >= 0.3 is 16.0 Å². The second-order valence-corrected chi connectivity index (χ2v) is 6.99. The second-order valence-electron chi connectivity index (χ2n) is 4.16. The molecule has 0 saturated heterocycles. The molecule has 0 heterocycles. The van der Waals surface area contributed by atoms with E-state index in [9.17, 15) is 14.0 Å². The molecule has 0 spiro atoms. The molecule has 0 aromatic carbocycles. The van der Waals surface area contributed by atoms with Gasteiger partial charge in [-0.2, -0.15) is 4.39 Å². The molecule has 0 aromatic heterocycles. The zero-order chi connectivity index (χ0) is 14.5. The lowest BCUT2D eigenvalue weighted by Crippen LogP contribution is -2.48. The van der Waals surface area contributed by atoms with Crippen LogP contribution >= 0.6 is 35.1 Å². The van der Waals surface area contributed by atoms with Crippen molar-refractivity contribution >= 4 is 47.2 Å². The fraction of sp³-hybridized carbons (Fsp3) is 0.800. The number of alkyl halides is 3. The summed E-state index contributed by atoms with van der Waals surface area (Å²) < 4.78 is 11.9.